The lowest BCUT2D eigenvalue weighted by Gasteiger charge is -2.14. The van der Waals surface area contributed by atoms with Gasteiger partial charge in [0.05, 0.1) is 24.0 Å². The van der Waals surface area contributed by atoms with E-state index in [1.807, 2.05) is 31.3 Å². The lowest BCUT2D eigenvalue weighted by molar-refractivity contribution is 0.277. The van der Waals surface area contributed by atoms with E-state index < -0.39 is 0 Å². The van der Waals surface area contributed by atoms with Crippen LogP contribution in [0.4, 0.5) is 0 Å². The van der Waals surface area contributed by atoms with Gasteiger partial charge in [-0.25, -0.2) is 4.98 Å². The van der Waals surface area contributed by atoms with Crippen molar-refractivity contribution in [3.8, 4) is 0 Å². The third kappa shape index (κ3) is 2.99. The molecule has 0 bridgehead atoms. The van der Waals surface area contributed by atoms with Crippen molar-refractivity contribution in [3.63, 3.8) is 0 Å². The summed E-state index contributed by atoms with van der Waals surface area (Å²) < 4.78 is 5.95. The number of fused-ring (bicyclic) bond motifs is 1. The number of para-hydroxylation sites is 1. The highest BCUT2D eigenvalue weighted by molar-refractivity contribution is 5.77. The Morgan fingerprint density at radius 3 is 2.83 bits per heavy atom. The summed E-state index contributed by atoms with van der Waals surface area (Å²) in [4.78, 5) is 21.6. The van der Waals surface area contributed by atoms with Gasteiger partial charge in [-0.15, -0.1) is 0 Å². The molecule has 2 unspecified atom stereocenters. The Morgan fingerprint density at radius 1 is 1.25 bits per heavy atom. The van der Waals surface area contributed by atoms with E-state index in [4.69, 9.17) is 4.42 Å². The third-order valence-corrected chi connectivity index (χ3v) is 4.66. The molecule has 2 heterocycles. The number of rotatable bonds is 5. The van der Waals surface area contributed by atoms with E-state index in [0.29, 0.717) is 30.2 Å². The van der Waals surface area contributed by atoms with Crippen molar-refractivity contribution in [3.05, 3.63) is 64.1 Å². The van der Waals surface area contributed by atoms with Crippen LogP contribution in [-0.4, -0.2) is 21.9 Å². The summed E-state index contributed by atoms with van der Waals surface area (Å²) in [5.41, 5.74) is 0.639. The molecule has 0 amide bonds. The summed E-state index contributed by atoms with van der Waals surface area (Å²) >= 11 is 0. The average molecular weight is 323 g/mol. The lowest BCUT2D eigenvalue weighted by Crippen LogP contribution is -2.21. The first-order chi connectivity index (χ1) is 11.6. The van der Waals surface area contributed by atoms with Crippen LogP contribution in [0.5, 0.6) is 0 Å². The maximum atomic E-state index is 12.1. The van der Waals surface area contributed by atoms with Gasteiger partial charge in [0.15, 0.2) is 0 Å². The average Bonchev–Trinajstić information content (AvgIpc) is 3.10. The molecule has 3 aromatic rings. The molecule has 4 rings (SSSR count). The van der Waals surface area contributed by atoms with Crippen LogP contribution >= 0.6 is 0 Å². The number of aromatic nitrogens is 2. The standard InChI is InChI=1S/C19H21N3O2/c1-12-9-15(12)17-8-7-13(24-17)10-22(2)11-18-20-16-6-4-3-5-14(16)19(23)21-18/h3-8,12,15H,9-11H2,1-2H3,(H,20,21,23). The summed E-state index contributed by atoms with van der Waals surface area (Å²) in [6.45, 7) is 3.51. The normalized spacial score (nSPS) is 20.0. The number of furan rings is 1. The van der Waals surface area contributed by atoms with Crippen LogP contribution in [0.3, 0.4) is 0 Å². The van der Waals surface area contributed by atoms with Gasteiger partial charge in [-0.3, -0.25) is 9.69 Å². The van der Waals surface area contributed by atoms with Crippen LogP contribution < -0.4 is 5.56 Å². The number of nitrogens with zero attached hydrogens (tertiary/aromatic N) is 2. The number of hydrogen-bond donors (Lipinski definition) is 1. The SMILES string of the molecule is CC1CC1c1ccc(CN(C)Cc2nc3ccccc3c(=O)[nH]2)o1. The summed E-state index contributed by atoms with van der Waals surface area (Å²) in [6.07, 6.45) is 1.23. The number of H-pyrrole nitrogens is 1. The molecular formula is C19H21N3O2. The van der Waals surface area contributed by atoms with Gasteiger partial charge in [-0.05, 0) is 43.7 Å². The van der Waals surface area contributed by atoms with Gasteiger partial charge in [-0.2, -0.15) is 0 Å². The minimum atomic E-state index is -0.0907. The summed E-state index contributed by atoms with van der Waals surface area (Å²) in [5, 5.41) is 0.623. The minimum absolute atomic E-state index is 0.0907. The molecule has 124 valence electrons. The molecule has 0 aliphatic heterocycles. The molecule has 1 fully saturated rings. The van der Waals surface area contributed by atoms with E-state index >= 15 is 0 Å². The Bertz CT molecular complexity index is 928. The first kappa shape index (κ1) is 15.1. The maximum Gasteiger partial charge on any atom is 0.258 e. The van der Waals surface area contributed by atoms with Gasteiger partial charge in [0.1, 0.15) is 17.3 Å². The highest BCUT2D eigenvalue weighted by atomic mass is 16.3. The first-order valence-electron chi connectivity index (χ1n) is 8.35. The second-order valence-corrected chi connectivity index (χ2v) is 6.83. The van der Waals surface area contributed by atoms with E-state index in [-0.39, 0.29) is 5.56 Å². The number of aromatic amines is 1. The fourth-order valence-corrected chi connectivity index (χ4v) is 3.18. The van der Waals surface area contributed by atoms with Gasteiger partial charge in [-0.1, -0.05) is 19.1 Å². The number of benzene rings is 1. The molecule has 1 aliphatic rings. The molecule has 1 saturated carbocycles. The van der Waals surface area contributed by atoms with Gasteiger partial charge < -0.3 is 9.40 Å². The Hall–Kier alpha value is -2.40. The second-order valence-electron chi connectivity index (χ2n) is 6.83. The largest absolute Gasteiger partial charge is 0.464 e. The summed E-state index contributed by atoms with van der Waals surface area (Å²) in [5.74, 6) is 4.07. The predicted molar refractivity (Wildman–Crippen MR) is 92.8 cm³/mol. The highest BCUT2D eigenvalue weighted by Gasteiger charge is 2.36. The Labute approximate surface area is 140 Å². The van der Waals surface area contributed by atoms with Crippen molar-refractivity contribution in [2.45, 2.75) is 32.4 Å². The van der Waals surface area contributed by atoms with Crippen molar-refractivity contribution in [2.75, 3.05) is 7.05 Å². The molecule has 1 aromatic carbocycles. The van der Waals surface area contributed by atoms with Crippen LogP contribution in [-0.2, 0) is 13.1 Å². The fourth-order valence-electron chi connectivity index (χ4n) is 3.18. The predicted octanol–water partition coefficient (Wildman–Crippen LogP) is 3.27. The van der Waals surface area contributed by atoms with E-state index in [1.165, 1.54) is 6.42 Å². The molecule has 1 N–H and O–H groups in total. The van der Waals surface area contributed by atoms with Crippen molar-refractivity contribution in [2.24, 2.45) is 5.92 Å². The second kappa shape index (κ2) is 5.91. The molecule has 0 spiro atoms. The zero-order chi connectivity index (χ0) is 16.7. The van der Waals surface area contributed by atoms with Crippen molar-refractivity contribution < 1.29 is 4.42 Å². The molecule has 0 saturated heterocycles. The molecule has 5 nitrogen and oxygen atoms in total. The van der Waals surface area contributed by atoms with E-state index in [2.05, 4.69) is 27.9 Å². The van der Waals surface area contributed by atoms with E-state index in [0.717, 1.165) is 23.0 Å². The van der Waals surface area contributed by atoms with Crippen molar-refractivity contribution in [1.29, 1.82) is 0 Å². The smallest absolute Gasteiger partial charge is 0.258 e. The Kier molecular flexibility index (Phi) is 3.73. The van der Waals surface area contributed by atoms with E-state index in [9.17, 15) is 4.79 Å². The molecule has 24 heavy (non-hydrogen) atoms. The van der Waals surface area contributed by atoms with E-state index in [1.54, 1.807) is 6.07 Å². The maximum absolute atomic E-state index is 12.1. The summed E-state index contributed by atoms with van der Waals surface area (Å²) in [6, 6.07) is 11.5. The van der Waals surface area contributed by atoms with Crippen molar-refractivity contribution >= 4 is 10.9 Å². The molecule has 2 aromatic heterocycles. The molecule has 0 radical (unpaired) electrons. The highest BCUT2D eigenvalue weighted by Crippen LogP contribution is 2.47. The summed E-state index contributed by atoms with van der Waals surface area (Å²) in [7, 11) is 2.00. The Morgan fingerprint density at radius 2 is 2.04 bits per heavy atom. The first-order valence-corrected chi connectivity index (χ1v) is 8.35. The van der Waals surface area contributed by atoms with Gasteiger partial charge in [0, 0.05) is 5.92 Å². The minimum Gasteiger partial charge on any atom is -0.464 e. The molecule has 2 atom stereocenters. The van der Waals surface area contributed by atoms with Crippen molar-refractivity contribution in [1.82, 2.24) is 14.9 Å². The van der Waals surface area contributed by atoms with Crippen LogP contribution in [0.1, 0.15) is 36.6 Å². The molecule has 5 heteroatoms. The molecular weight excluding hydrogens is 302 g/mol. The van der Waals surface area contributed by atoms with Crippen LogP contribution in [0.15, 0.2) is 45.6 Å². The van der Waals surface area contributed by atoms with Crippen LogP contribution in [0, 0.1) is 5.92 Å². The van der Waals surface area contributed by atoms with Gasteiger partial charge in [0.2, 0.25) is 0 Å². The van der Waals surface area contributed by atoms with Gasteiger partial charge in [0.25, 0.3) is 5.56 Å². The number of nitrogens with one attached hydrogen (secondary N) is 1. The quantitative estimate of drug-likeness (QED) is 0.783. The number of hydrogen-bond acceptors (Lipinski definition) is 4. The zero-order valence-corrected chi connectivity index (χ0v) is 14.0. The van der Waals surface area contributed by atoms with Crippen LogP contribution in [0.2, 0.25) is 0 Å². The Balaban J connectivity index is 1.47. The monoisotopic (exact) mass is 323 g/mol. The zero-order valence-electron chi connectivity index (χ0n) is 14.0. The van der Waals surface area contributed by atoms with Crippen LogP contribution in [0.25, 0.3) is 10.9 Å². The lowest BCUT2D eigenvalue weighted by atomic mass is 10.2. The third-order valence-electron chi connectivity index (χ3n) is 4.66. The fraction of sp³-hybridized carbons (Fsp3) is 0.368. The molecule has 1 aliphatic carbocycles. The van der Waals surface area contributed by atoms with Gasteiger partial charge >= 0.3 is 0 Å². The topological polar surface area (TPSA) is 62.1 Å².